The van der Waals surface area contributed by atoms with Crippen LogP contribution in [0.2, 0.25) is 0 Å². The van der Waals surface area contributed by atoms with Crippen molar-refractivity contribution >= 4 is 49.1 Å². The molecule has 0 radical (unpaired) electrons. The van der Waals surface area contributed by atoms with Crippen LogP contribution >= 0.6 is 31.9 Å². The van der Waals surface area contributed by atoms with Gasteiger partial charge in [-0.3, -0.25) is 14.6 Å². The van der Waals surface area contributed by atoms with Gasteiger partial charge >= 0.3 is 6.18 Å². The van der Waals surface area contributed by atoms with Crippen LogP contribution in [0.3, 0.4) is 0 Å². The first-order valence-corrected chi connectivity index (χ1v) is 11.1. The van der Waals surface area contributed by atoms with Crippen molar-refractivity contribution in [3.05, 3.63) is 57.0 Å². The second kappa shape index (κ2) is 7.85. The summed E-state index contributed by atoms with van der Waals surface area (Å²) in [5.41, 5.74) is 1.18. The highest BCUT2D eigenvalue weighted by molar-refractivity contribution is 9.10. The van der Waals surface area contributed by atoms with Gasteiger partial charge in [0, 0.05) is 22.0 Å². The third-order valence-electron chi connectivity index (χ3n) is 5.24. The minimum absolute atomic E-state index is 0.000775. The van der Waals surface area contributed by atoms with E-state index in [1.54, 1.807) is 34.1 Å². The lowest BCUT2D eigenvalue weighted by Crippen LogP contribution is -2.43. The Morgan fingerprint density at radius 3 is 2.22 bits per heavy atom. The molecule has 3 aromatic rings. The Hall–Kier alpha value is -2.44. The van der Waals surface area contributed by atoms with E-state index in [-0.39, 0.29) is 37.9 Å². The Labute approximate surface area is 197 Å². The summed E-state index contributed by atoms with van der Waals surface area (Å²) in [6.07, 6.45) is -4.56. The molecule has 0 saturated heterocycles. The van der Waals surface area contributed by atoms with E-state index in [0.717, 1.165) is 13.5 Å². The third-order valence-corrected chi connectivity index (χ3v) is 6.23. The van der Waals surface area contributed by atoms with Gasteiger partial charge in [0.15, 0.2) is 11.5 Å². The third kappa shape index (κ3) is 3.80. The van der Waals surface area contributed by atoms with E-state index in [9.17, 15) is 18.0 Å². The number of hydrogen-bond acceptors (Lipinski definition) is 5. The molecule has 2 aliphatic rings. The second-order valence-electron chi connectivity index (χ2n) is 7.36. The molecule has 2 aromatic carbocycles. The van der Waals surface area contributed by atoms with Crippen LogP contribution in [0, 0.1) is 0 Å². The maximum Gasteiger partial charge on any atom is 0.451 e. The van der Waals surface area contributed by atoms with Gasteiger partial charge in [0.2, 0.25) is 11.7 Å². The van der Waals surface area contributed by atoms with Gasteiger partial charge in [0.25, 0.3) is 0 Å². The van der Waals surface area contributed by atoms with Gasteiger partial charge in [-0.15, -0.1) is 10.2 Å². The van der Waals surface area contributed by atoms with Crippen molar-refractivity contribution in [1.29, 1.82) is 0 Å². The highest BCUT2D eigenvalue weighted by Crippen LogP contribution is 2.48. The number of anilines is 2. The molecular weight excluding hydrogens is 559 g/mol. The van der Waals surface area contributed by atoms with Gasteiger partial charge in [-0.25, -0.2) is 0 Å². The number of ether oxygens (including phenoxy) is 1. The van der Waals surface area contributed by atoms with Gasteiger partial charge in [-0.2, -0.15) is 13.2 Å². The second-order valence-corrected chi connectivity index (χ2v) is 9.19. The average molecular weight is 573 g/mol. The molecular formula is C20H14Br2F3N5O2. The molecule has 32 heavy (non-hydrogen) atoms. The topological polar surface area (TPSA) is 63.5 Å². The number of benzene rings is 2. The summed E-state index contributed by atoms with van der Waals surface area (Å²) in [6.45, 7) is 0.421. The van der Waals surface area contributed by atoms with E-state index in [1.165, 1.54) is 0 Å². The molecule has 0 fully saturated rings. The molecule has 12 heteroatoms. The molecule has 0 aliphatic carbocycles. The normalized spacial score (nSPS) is 15.6. The fraction of sp³-hybridized carbons (Fsp3) is 0.250. The average Bonchev–Trinajstić information content (AvgIpc) is 3.15. The maximum atomic E-state index is 13.4. The van der Waals surface area contributed by atoms with E-state index >= 15 is 0 Å². The van der Waals surface area contributed by atoms with Crippen LogP contribution in [0.5, 0.6) is 11.5 Å². The van der Waals surface area contributed by atoms with Crippen LogP contribution < -0.4 is 9.64 Å². The zero-order chi connectivity index (χ0) is 22.6. The first-order valence-electron chi connectivity index (χ1n) is 9.52. The minimum atomic E-state index is -4.56. The highest BCUT2D eigenvalue weighted by atomic mass is 79.9. The lowest BCUT2D eigenvalue weighted by Gasteiger charge is -2.34. The van der Waals surface area contributed by atoms with Crippen LogP contribution in [-0.4, -0.2) is 38.7 Å². The van der Waals surface area contributed by atoms with Crippen LogP contribution in [0.15, 0.2) is 45.3 Å². The van der Waals surface area contributed by atoms with Crippen molar-refractivity contribution < 1.29 is 22.7 Å². The molecule has 0 bridgehead atoms. The lowest BCUT2D eigenvalue weighted by molar-refractivity contribution is -0.148. The van der Waals surface area contributed by atoms with Crippen LogP contribution in [-0.2, 0) is 24.1 Å². The Morgan fingerprint density at radius 1 is 1.00 bits per heavy atom. The van der Waals surface area contributed by atoms with Gasteiger partial charge in [-0.1, -0.05) is 31.9 Å². The molecule has 166 valence electrons. The highest BCUT2D eigenvalue weighted by Gasteiger charge is 2.40. The van der Waals surface area contributed by atoms with Crippen molar-refractivity contribution in [3.8, 4) is 11.5 Å². The molecule has 0 atom stereocenters. The quantitative estimate of drug-likeness (QED) is 0.427. The molecule has 5 rings (SSSR count). The number of amides is 1. The van der Waals surface area contributed by atoms with E-state index in [1.807, 2.05) is 12.1 Å². The molecule has 0 N–H and O–H groups in total. The first-order chi connectivity index (χ1) is 15.2. The summed E-state index contributed by atoms with van der Waals surface area (Å²) >= 11 is 6.83. The lowest BCUT2D eigenvalue weighted by atomic mass is 10.1. The fourth-order valence-corrected chi connectivity index (χ4v) is 4.52. The number of carbonyl (C=O) groups is 1. The monoisotopic (exact) mass is 571 g/mol. The SMILES string of the molecule is O=C(CN1CCn2c(nnc2C(F)(F)F)C1)N1c2ccc(Br)cc2Oc2cc(Br)ccc21. The molecule has 2 aliphatic heterocycles. The number of rotatable bonds is 2. The Bertz CT molecular complexity index is 1180. The number of halogens is 5. The van der Waals surface area contributed by atoms with Crippen LogP contribution in [0.1, 0.15) is 11.6 Å². The number of carbonyl (C=O) groups excluding carboxylic acids is 1. The Morgan fingerprint density at radius 2 is 1.62 bits per heavy atom. The number of alkyl halides is 3. The number of aromatic nitrogens is 3. The van der Waals surface area contributed by atoms with Crippen molar-refractivity contribution in [2.75, 3.05) is 18.0 Å². The van der Waals surface area contributed by atoms with Gasteiger partial charge < -0.3 is 9.30 Å². The predicted molar refractivity (Wildman–Crippen MR) is 116 cm³/mol. The summed E-state index contributed by atoms with van der Waals surface area (Å²) in [5, 5.41) is 6.97. The van der Waals surface area contributed by atoms with Gasteiger partial charge in [-0.05, 0) is 36.4 Å². The molecule has 3 heterocycles. The molecule has 1 aromatic heterocycles. The van der Waals surface area contributed by atoms with E-state index < -0.39 is 12.0 Å². The smallest absolute Gasteiger partial charge is 0.451 e. The Kier molecular flexibility index (Phi) is 5.25. The molecule has 1 amide bonds. The minimum Gasteiger partial charge on any atom is -0.453 e. The van der Waals surface area contributed by atoms with E-state index in [4.69, 9.17) is 4.74 Å². The molecule has 0 saturated carbocycles. The van der Waals surface area contributed by atoms with Crippen LogP contribution in [0.25, 0.3) is 0 Å². The van der Waals surface area contributed by atoms with Crippen molar-refractivity contribution in [2.24, 2.45) is 0 Å². The zero-order valence-electron chi connectivity index (χ0n) is 16.2. The number of nitrogens with zero attached hydrogens (tertiary/aromatic N) is 5. The summed E-state index contributed by atoms with van der Waals surface area (Å²) in [7, 11) is 0. The molecule has 0 unspecified atom stereocenters. The van der Waals surface area contributed by atoms with Crippen LogP contribution in [0.4, 0.5) is 24.5 Å². The number of hydrogen-bond donors (Lipinski definition) is 0. The first kappa shape index (κ1) is 21.4. The Balaban J connectivity index is 1.42. The summed E-state index contributed by atoms with van der Waals surface area (Å²) < 4.78 is 47.9. The van der Waals surface area contributed by atoms with E-state index in [2.05, 4.69) is 42.1 Å². The maximum absolute atomic E-state index is 13.4. The van der Waals surface area contributed by atoms with Crippen molar-refractivity contribution in [2.45, 2.75) is 19.3 Å². The summed E-state index contributed by atoms with van der Waals surface area (Å²) in [5.74, 6) is -0.0137. The fourth-order valence-electron chi connectivity index (χ4n) is 3.84. The molecule has 7 nitrogen and oxygen atoms in total. The number of fused-ring (bicyclic) bond motifs is 3. The standard InChI is InChI=1S/C20H14Br2F3N5O2/c21-11-1-3-13-15(7-11)32-16-8-12(22)2-4-14(16)30(13)18(31)10-28-5-6-29-17(9-28)26-27-19(29)20(23,24)25/h1-4,7-8H,5-6,9-10H2. The summed E-state index contributed by atoms with van der Waals surface area (Å²) in [4.78, 5) is 16.8. The largest absolute Gasteiger partial charge is 0.453 e. The van der Waals surface area contributed by atoms with Gasteiger partial charge in [0.1, 0.15) is 5.82 Å². The van der Waals surface area contributed by atoms with Gasteiger partial charge in [0.05, 0.1) is 24.5 Å². The van der Waals surface area contributed by atoms with Crippen molar-refractivity contribution in [3.63, 3.8) is 0 Å². The van der Waals surface area contributed by atoms with Crippen molar-refractivity contribution in [1.82, 2.24) is 19.7 Å². The zero-order valence-corrected chi connectivity index (χ0v) is 19.4. The predicted octanol–water partition coefficient (Wildman–Crippen LogP) is 5.11. The van der Waals surface area contributed by atoms with E-state index in [0.29, 0.717) is 22.9 Å². The summed E-state index contributed by atoms with van der Waals surface area (Å²) in [6, 6.07) is 10.8. The molecule has 0 spiro atoms.